The highest BCUT2D eigenvalue weighted by molar-refractivity contribution is 5.94. The Balaban J connectivity index is 1.81. The van der Waals surface area contributed by atoms with E-state index in [0.29, 0.717) is 12.3 Å². The van der Waals surface area contributed by atoms with Gasteiger partial charge in [-0.3, -0.25) is 4.79 Å². The number of aliphatic carboxylic acids is 1. The molecule has 1 amide bonds. The molecule has 0 radical (unpaired) electrons. The van der Waals surface area contributed by atoms with Crippen LogP contribution in [0.3, 0.4) is 0 Å². The zero-order valence-corrected chi connectivity index (χ0v) is 16.2. The molecule has 0 aliphatic heterocycles. The summed E-state index contributed by atoms with van der Waals surface area (Å²) in [7, 11) is 1.64. The van der Waals surface area contributed by atoms with Crippen molar-refractivity contribution in [3.05, 3.63) is 35.4 Å². The van der Waals surface area contributed by atoms with Crippen LogP contribution in [0, 0.1) is 16.7 Å². The molecule has 27 heavy (non-hydrogen) atoms. The molecule has 0 aromatic heterocycles. The number of carboxylic acid groups (broad SMARTS) is 1. The summed E-state index contributed by atoms with van der Waals surface area (Å²) in [5.74, 6) is -0.457. The Morgan fingerprint density at radius 1 is 1.26 bits per heavy atom. The Labute approximate surface area is 160 Å². The van der Waals surface area contributed by atoms with Gasteiger partial charge in [-0.2, -0.15) is 0 Å². The van der Waals surface area contributed by atoms with Gasteiger partial charge in [0, 0.05) is 12.5 Å². The molecule has 0 saturated heterocycles. The monoisotopic (exact) mass is 372 g/mol. The van der Waals surface area contributed by atoms with Crippen LogP contribution in [0.5, 0.6) is 0 Å². The second-order valence-corrected chi connectivity index (χ2v) is 8.29. The Bertz CT molecular complexity index is 754. The quantitative estimate of drug-likeness (QED) is 0.721. The minimum absolute atomic E-state index is 0.00176. The van der Waals surface area contributed by atoms with E-state index in [9.17, 15) is 9.59 Å². The van der Waals surface area contributed by atoms with Crippen LogP contribution in [0.4, 0.5) is 0 Å². The maximum absolute atomic E-state index is 11.5. The minimum atomic E-state index is -1.01. The van der Waals surface area contributed by atoms with Gasteiger partial charge in [-0.25, -0.2) is 4.79 Å². The van der Waals surface area contributed by atoms with Crippen LogP contribution >= 0.6 is 0 Å². The number of nitrogens with one attached hydrogen (secondary N) is 1. The van der Waals surface area contributed by atoms with Gasteiger partial charge < -0.3 is 15.3 Å². The molecule has 1 aromatic carbocycles. The highest BCUT2D eigenvalue weighted by Gasteiger charge is 2.62. The molecule has 2 fully saturated rings. The van der Waals surface area contributed by atoms with E-state index in [-0.39, 0.29) is 16.7 Å². The SMILES string of the molecule is CNC(=O)Cc1ccc(CC23CCC(C/C2=N\OCC(=O)O)C3(C)C)cc1. The minimum Gasteiger partial charge on any atom is -0.479 e. The molecule has 2 bridgehead atoms. The van der Waals surface area contributed by atoms with Crippen molar-refractivity contribution in [3.8, 4) is 0 Å². The third-order valence-electron chi connectivity index (χ3n) is 6.70. The summed E-state index contributed by atoms with van der Waals surface area (Å²) in [6.07, 6.45) is 4.32. The molecule has 6 nitrogen and oxygen atoms in total. The molecule has 146 valence electrons. The lowest BCUT2D eigenvalue weighted by molar-refractivity contribution is -0.142. The van der Waals surface area contributed by atoms with E-state index in [4.69, 9.17) is 9.94 Å². The molecule has 2 unspecified atom stereocenters. The number of benzene rings is 1. The van der Waals surface area contributed by atoms with Gasteiger partial charge in [0.2, 0.25) is 12.5 Å². The molecule has 2 atom stereocenters. The van der Waals surface area contributed by atoms with Crippen LogP contribution in [0.2, 0.25) is 0 Å². The summed E-state index contributed by atoms with van der Waals surface area (Å²) in [5, 5.41) is 15.7. The van der Waals surface area contributed by atoms with Gasteiger partial charge in [0.15, 0.2) is 0 Å². The molecule has 0 spiro atoms. The zero-order valence-electron chi connectivity index (χ0n) is 16.2. The molecule has 3 rings (SSSR count). The van der Waals surface area contributed by atoms with Crippen LogP contribution in [0.15, 0.2) is 29.4 Å². The van der Waals surface area contributed by atoms with Crippen LogP contribution in [0.25, 0.3) is 0 Å². The maximum atomic E-state index is 11.5. The fraction of sp³-hybridized carbons (Fsp3) is 0.571. The van der Waals surface area contributed by atoms with Crippen molar-refractivity contribution in [2.75, 3.05) is 13.7 Å². The summed E-state index contributed by atoms with van der Waals surface area (Å²) in [4.78, 5) is 27.4. The van der Waals surface area contributed by atoms with Crippen molar-refractivity contribution in [1.29, 1.82) is 0 Å². The van der Waals surface area contributed by atoms with E-state index >= 15 is 0 Å². The molecular weight excluding hydrogens is 344 g/mol. The Kier molecular flexibility index (Phi) is 5.27. The highest BCUT2D eigenvalue weighted by atomic mass is 16.6. The van der Waals surface area contributed by atoms with Crippen molar-refractivity contribution in [3.63, 3.8) is 0 Å². The molecule has 0 heterocycles. The fourth-order valence-electron chi connectivity index (χ4n) is 4.90. The first kappa shape index (κ1) is 19.4. The van der Waals surface area contributed by atoms with E-state index in [1.54, 1.807) is 7.05 Å². The van der Waals surface area contributed by atoms with Gasteiger partial charge in [-0.1, -0.05) is 43.3 Å². The maximum Gasteiger partial charge on any atom is 0.344 e. The number of amides is 1. The van der Waals surface area contributed by atoms with Crippen molar-refractivity contribution < 1.29 is 19.5 Å². The molecule has 2 saturated carbocycles. The topological polar surface area (TPSA) is 88.0 Å². The third kappa shape index (κ3) is 3.57. The third-order valence-corrected chi connectivity index (χ3v) is 6.70. The highest BCUT2D eigenvalue weighted by Crippen LogP contribution is 2.65. The molecule has 1 aromatic rings. The van der Waals surface area contributed by atoms with Crippen molar-refractivity contribution in [1.82, 2.24) is 5.32 Å². The molecular formula is C21H28N2O4. The summed E-state index contributed by atoms with van der Waals surface area (Å²) < 4.78 is 0. The van der Waals surface area contributed by atoms with E-state index < -0.39 is 12.6 Å². The molecule has 6 heteroatoms. The van der Waals surface area contributed by atoms with Gasteiger partial charge >= 0.3 is 5.97 Å². The van der Waals surface area contributed by atoms with Crippen LogP contribution in [-0.2, 0) is 27.3 Å². The van der Waals surface area contributed by atoms with Crippen LogP contribution < -0.4 is 5.32 Å². The van der Waals surface area contributed by atoms with Crippen molar-refractivity contribution >= 4 is 17.6 Å². The number of likely N-dealkylation sites (N-methyl/N-ethyl adjacent to an activating group) is 1. The number of hydrogen-bond donors (Lipinski definition) is 2. The molecule has 2 N–H and O–H groups in total. The average Bonchev–Trinajstić information content (AvgIpc) is 2.98. The number of fused-ring (bicyclic) bond motifs is 2. The summed E-state index contributed by atoms with van der Waals surface area (Å²) in [6.45, 7) is 4.19. The lowest BCUT2D eigenvalue weighted by atomic mass is 9.65. The number of carbonyl (C=O) groups excluding carboxylic acids is 1. The van der Waals surface area contributed by atoms with Gasteiger partial charge in [0.05, 0.1) is 12.1 Å². The van der Waals surface area contributed by atoms with E-state index in [1.807, 2.05) is 12.1 Å². The summed E-state index contributed by atoms with van der Waals surface area (Å²) >= 11 is 0. The first-order chi connectivity index (χ1) is 12.8. The zero-order chi connectivity index (χ0) is 19.7. The van der Waals surface area contributed by atoms with Gasteiger partial charge in [-0.15, -0.1) is 0 Å². The summed E-state index contributed by atoms with van der Waals surface area (Å²) in [6, 6.07) is 8.19. The Hall–Kier alpha value is -2.37. The largest absolute Gasteiger partial charge is 0.479 e. The lowest BCUT2D eigenvalue weighted by Crippen LogP contribution is -2.38. The Morgan fingerprint density at radius 3 is 2.52 bits per heavy atom. The van der Waals surface area contributed by atoms with Gasteiger partial charge in [-0.05, 0) is 48.1 Å². The second kappa shape index (κ2) is 7.33. The van der Waals surface area contributed by atoms with E-state index in [2.05, 4.69) is 36.5 Å². The van der Waals surface area contributed by atoms with Crippen LogP contribution in [0.1, 0.15) is 44.2 Å². The summed E-state index contributed by atoms with van der Waals surface area (Å²) in [5.41, 5.74) is 3.19. The molecule has 2 aliphatic rings. The smallest absolute Gasteiger partial charge is 0.344 e. The average molecular weight is 372 g/mol. The fourth-order valence-corrected chi connectivity index (χ4v) is 4.90. The first-order valence-corrected chi connectivity index (χ1v) is 9.48. The number of oxime groups is 1. The standard InChI is InChI=1S/C21H28N2O4/c1-20(2)16-8-9-21(20,17(11-16)23-27-13-19(25)26)12-15-6-4-14(5-7-15)10-18(24)22-3/h4-7,16H,8-13H2,1-3H3,(H,22,24)(H,25,26)/b23-17+. The van der Waals surface area contributed by atoms with E-state index in [1.165, 1.54) is 12.0 Å². The van der Waals surface area contributed by atoms with Gasteiger partial charge in [0.1, 0.15) is 0 Å². The second-order valence-electron chi connectivity index (χ2n) is 8.29. The number of rotatable bonds is 7. The number of carboxylic acids is 1. The lowest BCUT2D eigenvalue weighted by Gasteiger charge is -2.38. The number of hydrogen-bond acceptors (Lipinski definition) is 4. The van der Waals surface area contributed by atoms with E-state index in [0.717, 1.165) is 30.5 Å². The molecule has 2 aliphatic carbocycles. The van der Waals surface area contributed by atoms with Crippen LogP contribution in [-0.4, -0.2) is 36.3 Å². The van der Waals surface area contributed by atoms with Gasteiger partial charge in [0.25, 0.3) is 0 Å². The predicted molar refractivity (Wildman–Crippen MR) is 102 cm³/mol. The number of carbonyl (C=O) groups is 2. The Morgan fingerprint density at radius 2 is 1.93 bits per heavy atom. The first-order valence-electron chi connectivity index (χ1n) is 9.48. The van der Waals surface area contributed by atoms with Crippen molar-refractivity contribution in [2.24, 2.45) is 21.9 Å². The predicted octanol–water partition coefficient (Wildman–Crippen LogP) is 2.80. The van der Waals surface area contributed by atoms with Crippen molar-refractivity contribution in [2.45, 2.75) is 46.0 Å². The normalized spacial score (nSPS) is 26.9. The number of nitrogens with zero attached hydrogens (tertiary/aromatic N) is 1.